The Balaban J connectivity index is 3.83. The molecular formula is C14H21N3O4S. The van der Waals surface area contributed by atoms with E-state index in [0.717, 1.165) is 0 Å². The minimum Gasteiger partial charge on any atom is -0.411 e. The second-order valence-corrected chi connectivity index (χ2v) is 7.13. The van der Waals surface area contributed by atoms with Gasteiger partial charge in [-0.15, -0.1) is 0 Å². The minimum absolute atomic E-state index is 0.00806. The van der Waals surface area contributed by atoms with Crippen LogP contribution < -0.4 is 10.5 Å². The summed E-state index contributed by atoms with van der Waals surface area (Å²) in [5.41, 5.74) is 6.47. The van der Waals surface area contributed by atoms with Gasteiger partial charge in [-0.2, -0.15) is 0 Å². The molecule has 1 rings (SSSR count). The van der Waals surface area contributed by atoms with Gasteiger partial charge in [0.05, 0.1) is 11.1 Å². The number of primary amides is 1. The van der Waals surface area contributed by atoms with Crippen LogP contribution in [-0.2, 0) is 10.0 Å². The zero-order valence-corrected chi connectivity index (χ0v) is 13.8. The molecule has 0 atom stereocenters. The van der Waals surface area contributed by atoms with Crippen LogP contribution in [0.15, 0.2) is 22.2 Å². The molecule has 0 aliphatic rings. The Morgan fingerprint density at radius 1 is 1.27 bits per heavy atom. The zero-order chi connectivity index (χ0) is 17.1. The largest absolute Gasteiger partial charge is 0.411 e. The number of nitrogens with two attached hydrogens (primary N) is 1. The molecule has 2 amide bonds. The van der Waals surface area contributed by atoms with Crippen molar-refractivity contribution in [1.29, 1.82) is 0 Å². The molecule has 0 aliphatic heterocycles. The molecule has 0 bridgehead atoms. The first-order valence-electron chi connectivity index (χ1n) is 6.78. The molecule has 1 aromatic rings. The Hall–Kier alpha value is -2.09. The Morgan fingerprint density at radius 2 is 1.86 bits per heavy atom. The molecule has 1 aromatic carbocycles. The van der Waals surface area contributed by atoms with Gasteiger partial charge < -0.3 is 10.9 Å². The summed E-state index contributed by atoms with van der Waals surface area (Å²) in [7, 11) is -4.12. The third-order valence-corrected chi connectivity index (χ3v) is 4.62. The number of hydrogen-bond donors (Lipinski definition) is 3. The lowest BCUT2D eigenvalue weighted by Crippen LogP contribution is -2.36. The fourth-order valence-electron chi connectivity index (χ4n) is 2.34. The van der Waals surface area contributed by atoms with E-state index in [2.05, 4.69) is 5.16 Å². The van der Waals surface area contributed by atoms with Crippen LogP contribution in [0.3, 0.4) is 0 Å². The first-order valence-corrected chi connectivity index (χ1v) is 8.26. The number of benzene rings is 1. The third kappa shape index (κ3) is 3.76. The van der Waals surface area contributed by atoms with Crippen molar-refractivity contribution >= 4 is 22.3 Å². The Kier molecular flexibility index (Phi) is 5.54. The van der Waals surface area contributed by atoms with Crippen molar-refractivity contribution in [3.8, 4) is 0 Å². The Bertz CT molecular complexity index is 694. The summed E-state index contributed by atoms with van der Waals surface area (Å²) in [5, 5.41) is 11.7. The van der Waals surface area contributed by atoms with Crippen molar-refractivity contribution in [3.05, 3.63) is 28.8 Å². The number of rotatable bonds is 5. The number of nitrogens with one attached hydrogen (secondary N) is 1. The zero-order valence-electron chi connectivity index (χ0n) is 13.0. The highest BCUT2D eigenvalue weighted by Crippen LogP contribution is 2.33. The van der Waals surface area contributed by atoms with Crippen LogP contribution in [-0.4, -0.2) is 25.9 Å². The monoisotopic (exact) mass is 327 g/mol. The van der Waals surface area contributed by atoms with E-state index in [-0.39, 0.29) is 16.7 Å². The van der Waals surface area contributed by atoms with Crippen LogP contribution in [0.4, 0.5) is 4.79 Å². The number of nitrogens with zero attached hydrogens (tertiary/aromatic N) is 1. The molecule has 8 heteroatoms. The molecule has 0 aliphatic carbocycles. The number of carbonyl (C=O) groups is 1. The first kappa shape index (κ1) is 18.0. The molecule has 0 spiro atoms. The second-order valence-electron chi connectivity index (χ2n) is 5.51. The predicted molar refractivity (Wildman–Crippen MR) is 83.9 cm³/mol. The van der Waals surface area contributed by atoms with Crippen molar-refractivity contribution in [1.82, 2.24) is 4.72 Å². The quantitative estimate of drug-likeness (QED) is 0.435. The van der Waals surface area contributed by atoms with Crippen LogP contribution in [0.2, 0.25) is 0 Å². The third-order valence-electron chi connectivity index (χ3n) is 3.16. The molecule has 7 nitrogen and oxygen atoms in total. The number of oxime groups is 1. The molecule has 4 N–H and O–H groups in total. The molecule has 0 fully saturated rings. The lowest BCUT2D eigenvalue weighted by molar-refractivity contribution is 0.253. The fraction of sp³-hybridized carbons (Fsp3) is 0.429. The molecule has 0 heterocycles. The molecule has 22 heavy (non-hydrogen) atoms. The van der Waals surface area contributed by atoms with Gasteiger partial charge in [0.15, 0.2) is 0 Å². The normalized spacial score (nSPS) is 12.3. The average molecular weight is 327 g/mol. The van der Waals surface area contributed by atoms with E-state index in [1.54, 1.807) is 16.9 Å². The minimum atomic E-state index is -4.12. The SMILES string of the molecule is CC(C)c1ccc(C=NO)c(C(C)C)c1S(=O)(=O)NC(N)=O. The molecule has 0 saturated carbocycles. The second kappa shape index (κ2) is 6.78. The maximum atomic E-state index is 12.5. The van der Waals surface area contributed by atoms with Crippen molar-refractivity contribution in [2.75, 3.05) is 0 Å². The van der Waals surface area contributed by atoms with Gasteiger partial charge in [-0.1, -0.05) is 45.0 Å². The Labute approximate surface area is 130 Å². The molecule has 0 aromatic heterocycles. The summed E-state index contributed by atoms with van der Waals surface area (Å²) in [6.07, 6.45) is 1.17. The van der Waals surface area contributed by atoms with Gasteiger partial charge in [-0.3, -0.25) is 0 Å². The van der Waals surface area contributed by atoms with Crippen LogP contribution in [0, 0.1) is 0 Å². The average Bonchev–Trinajstić information content (AvgIpc) is 2.36. The number of sulfonamides is 1. The highest BCUT2D eigenvalue weighted by Gasteiger charge is 2.28. The highest BCUT2D eigenvalue weighted by molar-refractivity contribution is 7.90. The maximum Gasteiger partial charge on any atom is 0.326 e. The van der Waals surface area contributed by atoms with Crippen LogP contribution in [0.25, 0.3) is 0 Å². The number of amides is 2. The highest BCUT2D eigenvalue weighted by atomic mass is 32.2. The van der Waals surface area contributed by atoms with E-state index in [1.807, 2.05) is 27.7 Å². The van der Waals surface area contributed by atoms with Gasteiger partial charge in [0.1, 0.15) is 0 Å². The van der Waals surface area contributed by atoms with E-state index in [9.17, 15) is 13.2 Å². The first-order chi connectivity index (χ1) is 10.1. The van der Waals surface area contributed by atoms with Crippen molar-refractivity contribution in [2.24, 2.45) is 10.9 Å². The summed E-state index contributed by atoms with van der Waals surface area (Å²) in [5.74, 6) is -0.261. The fourth-order valence-corrected chi connectivity index (χ4v) is 3.96. The standard InChI is InChI=1S/C14H21N3O4S/c1-8(2)11-6-5-10(7-16-19)12(9(3)4)13(11)22(20,21)17-14(15)18/h5-9,19H,1-4H3,(H3,15,17,18). The summed E-state index contributed by atoms with van der Waals surface area (Å²) in [6, 6.07) is 2.18. The van der Waals surface area contributed by atoms with Crippen molar-refractivity contribution in [2.45, 2.75) is 44.4 Å². The summed E-state index contributed by atoms with van der Waals surface area (Å²) < 4.78 is 26.9. The summed E-state index contributed by atoms with van der Waals surface area (Å²) in [6.45, 7) is 7.33. The smallest absolute Gasteiger partial charge is 0.326 e. The van der Waals surface area contributed by atoms with E-state index in [0.29, 0.717) is 16.7 Å². The van der Waals surface area contributed by atoms with Gasteiger partial charge in [0.25, 0.3) is 10.0 Å². The predicted octanol–water partition coefficient (Wildman–Crippen LogP) is 2.10. The maximum absolute atomic E-state index is 12.5. The lowest BCUT2D eigenvalue weighted by Gasteiger charge is -2.21. The van der Waals surface area contributed by atoms with E-state index in [4.69, 9.17) is 10.9 Å². The number of hydrogen-bond acceptors (Lipinski definition) is 5. The molecule has 0 radical (unpaired) electrons. The van der Waals surface area contributed by atoms with Gasteiger partial charge in [-0.25, -0.2) is 17.9 Å². The van der Waals surface area contributed by atoms with Crippen molar-refractivity contribution in [3.63, 3.8) is 0 Å². The van der Waals surface area contributed by atoms with E-state index < -0.39 is 16.1 Å². The van der Waals surface area contributed by atoms with Gasteiger partial charge in [-0.05, 0) is 23.0 Å². The summed E-state index contributed by atoms with van der Waals surface area (Å²) in [4.78, 5) is 11.0. The molecular weight excluding hydrogens is 306 g/mol. The Morgan fingerprint density at radius 3 is 2.27 bits per heavy atom. The molecule has 0 unspecified atom stereocenters. The van der Waals surface area contributed by atoms with Crippen LogP contribution >= 0.6 is 0 Å². The van der Waals surface area contributed by atoms with Gasteiger partial charge in [0, 0.05) is 5.56 Å². The van der Waals surface area contributed by atoms with Crippen LogP contribution in [0.1, 0.15) is 56.2 Å². The molecule has 0 saturated heterocycles. The van der Waals surface area contributed by atoms with Gasteiger partial charge >= 0.3 is 6.03 Å². The number of urea groups is 1. The lowest BCUT2D eigenvalue weighted by atomic mass is 9.91. The van der Waals surface area contributed by atoms with E-state index in [1.165, 1.54) is 6.21 Å². The van der Waals surface area contributed by atoms with Crippen molar-refractivity contribution < 1.29 is 18.4 Å². The molecule has 122 valence electrons. The summed E-state index contributed by atoms with van der Waals surface area (Å²) >= 11 is 0. The van der Waals surface area contributed by atoms with E-state index >= 15 is 0 Å². The van der Waals surface area contributed by atoms with Crippen LogP contribution in [0.5, 0.6) is 0 Å². The topological polar surface area (TPSA) is 122 Å². The van der Waals surface area contributed by atoms with Gasteiger partial charge in [0.2, 0.25) is 0 Å². The number of carbonyl (C=O) groups excluding carboxylic acids is 1.